The van der Waals surface area contributed by atoms with Crippen LogP contribution in [0.25, 0.3) is 0 Å². The third-order valence-electron chi connectivity index (χ3n) is 2.78. The Morgan fingerprint density at radius 2 is 2.06 bits per heavy atom. The SMILES string of the molecule is COC(C)CN1CC(=O)NC(C(C)C)C1=O. The van der Waals surface area contributed by atoms with Crippen LogP contribution in [0.3, 0.4) is 0 Å². The van der Waals surface area contributed by atoms with E-state index < -0.39 is 6.04 Å². The molecule has 1 heterocycles. The van der Waals surface area contributed by atoms with Crippen molar-refractivity contribution in [3.8, 4) is 0 Å². The number of carbonyl (C=O) groups excluding carboxylic acids is 2. The zero-order valence-corrected chi connectivity index (χ0v) is 10.3. The van der Waals surface area contributed by atoms with Gasteiger partial charge in [-0.15, -0.1) is 0 Å². The minimum Gasteiger partial charge on any atom is -0.380 e. The molecule has 1 rings (SSSR count). The van der Waals surface area contributed by atoms with E-state index in [0.29, 0.717) is 6.54 Å². The van der Waals surface area contributed by atoms with Gasteiger partial charge >= 0.3 is 0 Å². The Morgan fingerprint density at radius 1 is 1.44 bits per heavy atom. The molecule has 0 saturated carbocycles. The van der Waals surface area contributed by atoms with Crippen molar-refractivity contribution in [2.45, 2.75) is 32.9 Å². The molecule has 5 nitrogen and oxygen atoms in total. The maximum Gasteiger partial charge on any atom is 0.245 e. The van der Waals surface area contributed by atoms with Crippen molar-refractivity contribution in [3.05, 3.63) is 0 Å². The summed E-state index contributed by atoms with van der Waals surface area (Å²) in [5, 5.41) is 2.72. The number of hydrogen-bond donors (Lipinski definition) is 1. The van der Waals surface area contributed by atoms with Crippen molar-refractivity contribution >= 4 is 11.8 Å². The fraction of sp³-hybridized carbons (Fsp3) is 0.818. The summed E-state index contributed by atoms with van der Waals surface area (Å²) in [6.45, 7) is 6.32. The maximum atomic E-state index is 12.0. The molecule has 1 saturated heterocycles. The van der Waals surface area contributed by atoms with Crippen LogP contribution < -0.4 is 5.32 Å². The molecule has 1 fully saturated rings. The molecule has 1 aliphatic heterocycles. The molecule has 16 heavy (non-hydrogen) atoms. The van der Waals surface area contributed by atoms with Crippen LogP contribution in [0, 0.1) is 5.92 Å². The molecule has 0 aromatic carbocycles. The molecule has 0 spiro atoms. The van der Waals surface area contributed by atoms with Gasteiger partial charge in [0.05, 0.1) is 12.6 Å². The second kappa shape index (κ2) is 5.30. The average molecular weight is 228 g/mol. The molecule has 2 amide bonds. The van der Waals surface area contributed by atoms with E-state index in [1.165, 1.54) is 0 Å². The Bertz CT molecular complexity index is 278. The first kappa shape index (κ1) is 13.0. The zero-order valence-electron chi connectivity index (χ0n) is 10.3. The molecule has 5 heteroatoms. The van der Waals surface area contributed by atoms with E-state index in [2.05, 4.69) is 5.32 Å². The Hall–Kier alpha value is -1.10. The lowest BCUT2D eigenvalue weighted by Gasteiger charge is -2.35. The van der Waals surface area contributed by atoms with E-state index in [1.54, 1.807) is 12.0 Å². The van der Waals surface area contributed by atoms with E-state index in [9.17, 15) is 9.59 Å². The highest BCUT2D eigenvalue weighted by atomic mass is 16.5. The van der Waals surface area contributed by atoms with Gasteiger partial charge in [0.15, 0.2) is 0 Å². The molecule has 1 N–H and O–H groups in total. The molecule has 1 aliphatic rings. The number of hydrogen-bond acceptors (Lipinski definition) is 3. The predicted molar refractivity (Wildman–Crippen MR) is 59.8 cm³/mol. The summed E-state index contributed by atoms with van der Waals surface area (Å²) in [6, 6.07) is -0.398. The monoisotopic (exact) mass is 228 g/mol. The summed E-state index contributed by atoms with van der Waals surface area (Å²) in [7, 11) is 1.60. The first-order chi connectivity index (χ1) is 7.45. The Morgan fingerprint density at radius 3 is 2.56 bits per heavy atom. The van der Waals surface area contributed by atoms with Crippen LogP contribution >= 0.6 is 0 Å². The Kier molecular flexibility index (Phi) is 4.29. The van der Waals surface area contributed by atoms with Crippen molar-refractivity contribution in [1.82, 2.24) is 10.2 Å². The normalized spacial score (nSPS) is 23.6. The first-order valence-corrected chi connectivity index (χ1v) is 5.56. The number of rotatable bonds is 4. The Labute approximate surface area is 96.1 Å². The van der Waals surface area contributed by atoms with Crippen LogP contribution in [-0.4, -0.2) is 49.1 Å². The predicted octanol–water partition coefficient (Wildman–Crippen LogP) is 0.00430. The highest BCUT2D eigenvalue weighted by Crippen LogP contribution is 2.11. The molecular formula is C11H20N2O3. The van der Waals surface area contributed by atoms with Crippen molar-refractivity contribution in [2.24, 2.45) is 5.92 Å². The van der Waals surface area contributed by atoms with Gasteiger partial charge in [0.25, 0.3) is 0 Å². The summed E-state index contributed by atoms with van der Waals surface area (Å²) in [5.74, 6) is -0.00259. The van der Waals surface area contributed by atoms with Crippen LogP contribution in [0.4, 0.5) is 0 Å². The molecule has 0 bridgehead atoms. The van der Waals surface area contributed by atoms with Crippen molar-refractivity contribution < 1.29 is 14.3 Å². The molecule has 0 aliphatic carbocycles. The standard InChI is InChI=1S/C11H20N2O3/c1-7(2)10-11(15)13(5-8(3)16-4)6-9(14)12-10/h7-8,10H,5-6H2,1-4H3,(H,12,14). The summed E-state index contributed by atoms with van der Waals surface area (Å²) in [6.07, 6.45) is -0.0531. The van der Waals surface area contributed by atoms with E-state index in [4.69, 9.17) is 4.74 Å². The maximum absolute atomic E-state index is 12.0. The van der Waals surface area contributed by atoms with Crippen LogP contribution in [0.15, 0.2) is 0 Å². The van der Waals surface area contributed by atoms with Gasteiger partial charge in [-0.25, -0.2) is 0 Å². The molecule has 2 atom stereocenters. The first-order valence-electron chi connectivity index (χ1n) is 5.56. The van der Waals surface area contributed by atoms with Gasteiger partial charge in [-0.05, 0) is 12.8 Å². The fourth-order valence-corrected chi connectivity index (χ4v) is 1.72. The minimum atomic E-state index is -0.398. The smallest absolute Gasteiger partial charge is 0.245 e. The number of methoxy groups -OCH3 is 1. The third-order valence-corrected chi connectivity index (χ3v) is 2.78. The van der Waals surface area contributed by atoms with Crippen LogP contribution in [0.2, 0.25) is 0 Å². The van der Waals surface area contributed by atoms with Gasteiger partial charge in [-0.1, -0.05) is 13.8 Å². The van der Waals surface area contributed by atoms with Crippen molar-refractivity contribution in [1.29, 1.82) is 0 Å². The van der Waals surface area contributed by atoms with E-state index in [-0.39, 0.29) is 30.4 Å². The van der Waals surface area contributed by atoms with Gasteiger partial charge in [0, 0.05) is 13.7 Å². The number of piperazine rings is 1. The number of nitrogens with one attached hydrogen (secondary N) is 1. The topological polar surface area (TPSA) is 58.6 Å². The summed E-state index contributed by atoms with van der Waals surface area (Å²) >= 11 is 0. The van der Waals surface area contributed by atoms with Crippen LogP contribution in [-0.2, 0) is 14.3 Å². The van der Waals surface area contributed by atoms with Crippen molar-refractivity contribution in [3.63, 3.8) is 0 Å². The lowest BCUT2D eigenvalue weighted by molar-refractivity contribution is -0.146. The summed E-state index contributed by atoms with van der Waals surface area (Å²) < 4.78 is 5.11. The number of ether oxygens (including phenoxy) is 1. The fourth-order valence-electron chi connectivity index (χ4n) is 1.72. The molecule has 0 aromatic rings. The van der Waals surface area contributed by atoms with Crippen molar-refractivity contribution in [2.75, 3.05) is 20.2 Å². The Balaban J connectivity index is 2.69. The van der Waals surface area contributed by atoms with Gasteiger partial charge in [0.1, 0.15) is 6.04 Å². The van der Waals surface area contributed by atoms with Gasteiger partial charge in [-0.3, -0.25) is 9.59 Å². The minimum absolute atomic E-state index is 0.0153. The lowest BCUT2D eigenvalue weighted by atomic mass is 10.0. The summed E-state index contributed by atoms with van der Waals surface area (Å²) in [5.41, 5.74) is 0. The molecule has 92 valence electrons. The number of carbonyl (C=O) groups is 2. The van der Waals surface area contributed by atoms with Gasteiger partial charge in [0.2, 0.25) is 11.8 Å². The van der Waals surface area contributed by atoms with Crippen LogP contribution in [0.5, 0.6) is 0 Å². The quantitative estimate of drug-likeness (QED) is 0.737. The van der Waals surface area contributed by atoms with E-state index in [0.717, 1.165) is 0 Å². The third kappa shape index (κ3) is 2.95. The second-order valence-electron chi connectivity index (χ2n) is 4.55. The van der Waals surface area contributed by atoms with E-state index in [1.807, 2.05) is 20.8 Å². The lowest BCUT2D eigenvalue weighted by Crippen LogP contribution is -2.60. The zero-order chi connectivity index (χ0) is 12.3. The van der Waals surface area contributed by atoms with Gasteiger partial charge in [-0.2, -0.15) is 0 Å². The highest BCUT2D eigenvalue weighted by molar-refractivity contribution is 5.94. The molecule has 2 unspecified atom stereocenters. The highest BCUT2D eigenvalue weighted by Gasteiger charge is 2.34. The molecular weight excluding hydrogens is 208 g/mol. The number of amides is 2. The largest absolute Gasteiger partial charge is 0.380 e. The second-order valence-corrected chi connectivity index (χ2v) is 4.55. The molecule has 0 radical (unpaired) electrons. The van der Waals surface area contributed by atoms with Crippen LogP contribution in [0.1, 0.15) is 20.8 Å². The van der Waals surface area contributed by atoms with E-state index >= 15 is 0 Å². The summed E-state index contributed by atoms with van der Waals surface area (Å²) in [4.78, 5) is 25.0. The number of nitrogens with zero attached hydrogens (tertiary/aromatic N) is 1. The molecule has 0 aromatic heterocycles. The van der Waals surface area contributed by atoms with Gasteiger partial charge < -0.3 is 15.0 Å². The average Bonchev–Trinajstić information content (AvgIpc) is 2.22.